The van der Waals surface area contributed by atoms with Crippen LogP contribution in [0.2, 0.25) is 0 Å². The van der Waals surface area contributed by atoms with Crippen LogP contribution < -0.4 is 5.32 Å². The van der Waals surface area contributed by atoms with Crippen LogP contribution in [0.4, 0.5) is 0 Å². The summed E-state index contributed by atoms with van der Waals surface area (Å²) in [7, 11) is 1.78. The minimum Gasteiger partial charge on any atom is -0.337 e. The second kappa shape index (κ2) is 4.84. The summed E-state index contributed by atoms with van der Waals surface area (Å²) >= 11 is 1.74. The summed E-state index contributed by atoms with van der Waals surface area (Å²) in [5, 5.41) is 9.92. The van der Waals surface area contributed by atoms with Gasteiger partial charge >= 0.3 is 0 Å². The molecule has 1 fully saturated rings. The lowest BCUT2D eigenvalue weighted by Gasteiger charge is -2.19. The van der Waals surface area contributed by atoms with E-state index in [0.29, 0.717) is 12.4 Å². The number of thioether (sulfide) groups is 1. The van der Waals surface area contributed by atoms with E-state index in [0.717, 1.165) is 17.5 Å². The molecule has 0 aliphatic carbocycles. The smallest absolute Gasteiger partial charge is 0.240 e. The molecule has 0 radical (unpaired) electrons. The predicted octanol–water partition coefficient (Wildman–Crippen LogP) is -0.266. The van der Waals surface area contributed by atoms with Crippen LogP contribution in [0.15, 0.2) is 0 Å². The summed E-state index contributed by atoms with van der Waals surface area (Å²) in [4.78, 5) is 17.8. The van der Waals surface area contributed by atoms with E-state index in [1.807, 2.05) is 6.92 Å². The van der Waals surface area contributed by atoms with Gasteiger partial charge in [-0.2, -0.15) is 5.10 Å². The minimum absolute atomic E-state index is 0.0601. The van der Waals surface area contributed by atoms with Gasteiger partial charge in [0.1, 0.15) is 5.82 Å². The fourth-order valence-electron chi connectivity index (χ4n) is 1.57. The molecule has 1 aliphatic rings. The molecule has 7 heteroatoms. The fraction of sp³-hybridized carbons (Fsp3) is 0.667. The zero-order chi connectivity index (χ0) is 11.5. The van der Waals surface area contributed by atoms with Gasteiger partial charge in [-0.15, -0.1) is 11.8 Å². The zero-order valence-corrected chi connectivity index (χ0v) is 10.2. The number of carbonyl (C=O) groups is 1. The molecule has 1 unspecified atom stereocenters. The Hall–Kier alpha value is -1.08. The number of carbonyl (C=O) groups excluding carboxylic acids is 1. The molecule has 1 aliphatic heterocycles. The third-order valence-electron chi connectivity index (χ3n) is 2.41. The number of likely N-dealkylation sites (N-methyl/N-ethyl adjacent to an activating group) is 1. The molecule has 2 heterocycles. The Kier molecular flexibility index (Phi) is 3.45. The first kappa shape index (κ1) is 11.4. The topological polar surface area (TPSA) is 73.9 Å². The lowest BCUT2D eigenvalue weighted by molar-refractivity contribution is -0.131. The van der Waals surface area contributed by atoms with Gasteiger partial charge < -0.3 is 4.90 Å². The molecular formula is C9H15N5OS. The lowest BCUT2D eigenvalue weighted by Crippen LogP contribution is -2.42. The largest absolute Gasteiger partial charge is 0.337 e. The number of rotatable bonds is 3. The number of aromatic amines is 1. The van der Waals surface area contributed by atoms with E-state index in [-0.39, 0.29) is 11.9 Å². The average molecular weight is 241 g/mol. The molecule has 1 atom stereocenters. The first-order chi connectivity index (χ1) is 7.66. The van der Waals surface area contributed by atoms with Crippen molar-refractivity contribution in [2.75, 3.05) is 18.7 Å². The monoisotopic (exact) mass is 241 g/mol. The van der Waals surface area contributed by atoms with E-state index in [1.54, 1.807) is 23.7 Å². The second-order valence-electron chi connectivity index (χ2n) is 3.80. The summed E-state index contributed by atoms with van der Waals surface area (Å²) < 4.78 is 0. The zero-order valence-electron chi connectivity index (χ0n) is 9.36. The molecule has 0 aromatic carbocycles. The van der Waals surface area contributed by atoms with Crippen LogP contribution in [0.25, 0.3) is 0 Å². The molecule has 88 valence electrons. The van der Waals surface area contributed by atoms with Gasteiger partial charge in [0.2, 0.25) is 5.91 Å². The summed E-state index contributed by atoms with van der Waals surface area (Å²) in [6.07, 6.45) is 0. The fourth-order valence-corrected chi connectivity index (χ4v) is 2.50. The molecule has 0 bridgehead atoms. The van der Waals surface area contributed by atoms with Crippen LogP contribution in [0.3, 0.4) is 0 Å². The van der Waals surface area contributed by atoms with Crippen molar-refractivity contribution in [1.29, 1.82) is 0 Å². The first-order valence-corrected chi connectivity index (χ1v) is 6.26. The Balaban J connectivity index is 1.91. The van der Waals surface area contributed by atoms with Gasteiger partial charge in [-0.25, -0.2) is 4.98 Å². The standard InChI is InChI=1S/C9H15N5OS/c1-6-11-8(13-12-6)3-14(2)9(15)7-4-16-5-10-7/h7,10H,3-5H2,1-2H3,(H,11,12,13). The number of hydrogen-bond donors (Lipinski definition) is 2. The van der Waals surface area contributed by atoms with E-state index in [1.165, 1.54) is 0 Å². The van der Waals surface area contributed by atoms with E-state index >= 15 is 0 Å². The molecule has 16 heavy (non-hydrogen) atoms. The molecule has 1 aromatic heterocycles. The highest BCUT2D eigenvalue weighted by molar-refractivity contribution is 7.99. The third-order valence-corrected chi connectivity index (χ3v) is 3.35. The Morgan fingerprint density at radius 3 is 3.06 bits per heavy atom. The summed E-state index contributed by atoms with van der Waals surface area (Å²) in [5.74, 6) is 3.22. The van der Waals surface area contributed by atoms with Crippen LogP contribution in [0.5, 0.6) is 0 Å². The number of nitrogens with zero attached hydrogens (tertiary/aromatic N) is 3. The van der Waals surface area contributed by atoms with E-state index in [9.17, 15) is 4.79 Å². The van der Waals surface area contributed by atoms with Crippen molar-refractivity contribution >= 4 is 17.7 Å². The van der Waals surface area contributed by atoms with Crippen LogP contribution >= 0.6 is 11.8 Å². The van der Waals surface area contributed by atoms with Gasteiger partial charge in [0, 0.05) is 18.7 Å². The van der Waals surface area contributed by atoms with Crippen LogP contribution in [0, 0.1) is 6.92 Å². The number of aromatic nitrogens is 3. The Labute approximate surface area is 98.2 Å². The molecule has 0 spiro atoms. The number of aryl methyl sites for hydroxylation is 1. The molecule has 2 N–H and O–H groups in total. The molecule has 0 saturated carbocycles. The van der Waals surface area contributed by atoms with E-state index in [4.69, 9.17) is 0 Å². The lowest BCUT2D eigenvalue weighted by atomic mass is 10.3. The highest BCUT2D eigenvalue weighted by Gasteiger charge is 2.25. The summed E-state index contributed by atoms with van der Waals surface area (Å²) in [5.41, 5.74) is 0. The summed E-state index contributed by atoms with van der Waals surface area (Å²) in [6, 6.07) is -0.0601. The molecular weight excluding hydrogens is 226 g/mol. The maximum atomic E-state index is 11.9. The van der Waals surface area contributed by atoms with Gasteiger partial charge in [-0.05, 0) is 6.92 Å². The van der Waals surface area contributed by atoms with Crippen LogP contribution in [0.1, 0.15) is 11.6 Å². The van der Waals surface area contributed by atoms with Crippen molar-refractivity contribution < 1.29 is 4.79 Å². The van der Waals surface area contributed by atoms with Crippen molar-refractivity contribution in [1.82, 2.24) is 25.4 Å². The molecule has 1 saturated heterocycles. The van der Waals surface area contributed by atoms with E-state index in [2.05, 4.69) is 20.5 Å². The van der Waals surface area contributed by atoms with Crippen molar-refractivity contribution in [2.24, 2.45) is 0 Å². The van der Waals surface area contributed by atoms with Gasteiger partial charge in [0.05, 0.1) is 12.6 Å². The Bertz CT molecular complexity index is 374. The van der Waals surface area contributed by atoms with Crippen molar-refractivity contribution in [3.63, 3.8) is 0 Å². The van der Waals surface area contributed by atoms with E-state index < -0.39 is 0 Å². The van der Waals surface area contributed by atoms with Gasteiger partial charge in [-0.3, -0.25) is 15.2 Å². The number of amides is 1. The van der Waals surface area contributed by atoms with Crippen LogP contribution in [-0.2, 0) is 11.3 Å². The molecule has 1 aromatic rings. The third kappa shape index (κ3) is 2.53. The molecule has 6 nitrogen and oxygen atoms in total. The maximum absolute atomic E-state index is 11.9. The van der Waals surface area contributed by atoms with Crippen molar-refractivity contribution in [3.8, 4) is 0 Å². The van der Waals surface area contributed by atoms with Gasteiger partial charge in [0.15, 0.2) is 5.82 Å². The predicted molar refractivity (Wildman–Crippen MR) is 61.8 cm³/mol. The summed E-state index contributed by atoms with van der Waals surface area (Å²) in [6.45, 7) is 2.29. The minimum atomic E-state index is -0.0601. The second-order valence-corrected chi connectivity index (χ2v) is 4.83. The Morgan fingerprint density at radius 2 is 2.50 bits per heavy atom. The van der Waals surface area contributed by atoms with Crippen LogP contribution in [-0.4, -0.2) is 50.7 Å². The maximum Gasteiger partial charge on any atom is 0.240 e. The first-order valence-electron chi connectivity index (χ1n) is 5.11. The van der Waals surface area contributed by atoms with Gasteiger partial charge in [-0.1, -0.05) is 0 Å². The van der Waals surface area contributed by atoms with Gasteiger partial charge in [0.25, 0.3) is 0 Å². The number of hydrogen-bond acceptors (Lipinski definition) is 5. The quantitative estimate of drug-likeness (QED) is 0.762. The number of H-pyrrole nitrogens is 1. The SMILES string of the molecule is Cc1nc(CN(C)C(=O)C2CSCN2)n[nH]1. The average Bonchev–Trinajstić information content (AvgIpc) is 2.88. The molecule has 1 amide bonds. The Morgan fingerprint density at radius 1 is 1.69 bits per heavy atom. The highest BCUT2D eigenvalue weighted by atomic mass is 32.2. The van der Waals surface area contributed by atoms with Crippen molar-refractivity contribution in [2.45, 2.75) is 19.5 Å². The highest BCUT2D eigenvalue weighted by Crippen LogP contribution is 2.12. The number of nitrogens with one attached hydrogen (secondary N) is 2. The van der Waals surface area contributed by atoms with Crippen molar-refractivity contribution in [3.05, 3.63) is 11.6 Å². The molecule has 2 rings (SSSR count). The normalized spacial score (nSPS) is 20.0.